The van der Waals surface area contributed by atoms with Crippen LogP contribution in [-0.4, -0.2) is 43.9 Å². The molecule has 4 nitrogen and oxygen atoms in total. The van der Waals surface area contributed by atoms with Crippen molar-refractivity contribution in [2.75, 3.05) is 32.9 Å². The maximum Gasteiger partial charge on any atom is 0.119 e. The molecule has 4 heteroatoms. The molecule has 0 N–H and O–H groups in total. The topological polar surface area (TPSA) is 45.5 Å². The van der Waals surface area contributed by atoms with Gasteiger partial charge in [0.2, 0.25) is 0 Å². The van der Waals surface area contributed by atoms with E-state index in [1.807, 2.05) is 24.3 Å². The van der Waals surface area contributed by atoms with Gasteiger partial charge in [-0.3, -0.25) is 4.90 Å². The van der Waals surface area contributed by atoms with Crippen LogP contribution in [0.3, 0.4) is 0 Å². The van der Waals surface area contributed by atoms with Gasteiger partial charge in [0.15, 0.2) is 0 Å². The fourth-order valence-corrected chi connectivity index (χ4v) is 2.17. The standard InChI is InChI=1S/C15H20N2O2/c1-13-12-18-10-8-17(13)9-11-19-15-4-2-14(3-5-15)6-7-16/h2-5,13H,6,8-12H2,1H3. The van der Waals surface area contributed by atoms with Crippen molar-refractivity contribution in [1.82, 2.24) is 4.90 Å². The molecule has 1 aliphatic rings. The van der Waals surface area contributed by atoms with E-state index in [0.717, 1.165) is 37.6 Å². The third-order valence-corrected chi connectivity index (χ3v) is 3.36. The van der Waals surface area contributed by atoms with Crippen molar-refractivity contribution in [1.29, 1.82) is 5.26 Å². The number of hydrogen-bond donors (Lipinski definition) is 0. The fraction of sp³-hybridized carbons (Fsp3) is 0.533. The van der Waals surface area contributed by atoms with Gasteiger partial charge < -0.3 is 9.47 Å². The van der Waals surface area contributed by atoms with Crippen LogP contribution in [0.25, 0.3) is 0 Å². The van der Waals surface area contributed by atoms with Crippen molar-refractivity contribution in [3.05, 3.63) is 29.8 Å². The molecule has 0 amide bonds. The molecular weight excluding hydrogens is 240 g/mol. The zero-order chi connectivity index (χ0) is 13.5. The minimum atomic E-state index is 0.450. The van der Waals surface area contributed by atoms with Crippen LogP contribution >= 0.6 is 0 Å². The molecule has 0 bridgehead atoms. The van der Waals surface area contributed by atoms with Crippen LogP contribution in [0.15, 0.2) is 24.3 Å². The van der Waals surface area contributed by atoms with E-state index >= 15 is 0 Å². The summed E-state index contributed by atoms with van der Waals surface area (Å²) >= 11 is 0. The molecule has 1 aromatic carbocycles. The van der Waals surface area contributed by atoms with Gasteiger partial charge in [0.05, 0.1) is 25.7 Å². The number of morpholine rings is 1. The summed E-state index contributed by atoms with van der Waals surface area (Å²) in [5, 5.41) is 8.60. The SMILES string of the molecule is CC1COCCN1CCOc1ccc(CC#N)cc1. The highest BCUT2D eigenvalue weighted by Crippen LogP contribution is 2.13. The quantitative estimate of drug-likeness (QED) is 0.810. The highest BCUT2D eigenvalue weighted by atomic mass is 16.5. The summed E-state index contributed by atoms with van der Waals surface area (Å²) in [4.78, 5) is 2.38. The molecule has 0 aromatic heterocycles. The Bertz CT molecular complexity index is 425. The van der Waals surface area contributed by atoms with E-state index in [0.29, 0.717) is 19.1 Å². The van der Waals surface area contributed by atoms with Gasteiger partial charge in [0, 0.05) is 19.1 Å². The molecule has 1 heterocycles. The van der Waals surface area contributed by atoms with Crippen LogP contribution in [0.1, 0.15) is 12.5 Å². The number of benzene rings is 1. The van der Waals surface area contributed by atoms with Gasteiger partial charge in [0.1, 0.15) is 12.4 Å². The van der Waals surface area contributed by atoms with E-state index in [2.05, 4.69) is 17.9 Å². The van der Waals surface area contributed by atoms with E-state index in [1.54, 1.807) is 0 Å². The molecule has 1 aliphatic heterocycles. The summed E-state index contributed by atoms with van der Waals surface area (Å²) < 4.78 is 11.1. The maximum atomic E-state index is 8.60. The first kappa shape index (κ1) is 13.9. The van der Waals surface area contributed by atoms with E-state index in [4.69, 9.17) is 14.7 Å². The lowest BCUT2D eigenvalue weighted by Gasteiger charge is -2.32. The van der Waals surface area contributed by atoms with Crippen molar-refractivity contribution >= 4 is 0 Å². The Kier molecular flexibility index (Phi) is 5.20. The van der Waals surface area contributed by atoms with E-state index in [9.17, 15) is 0 Å². The molecule has 0 spiro atoms. The average molecular weight is 260 g/mol. The van der Waals surface area contributed by atoms with Crippen molar-refractivity contribution in [3.8, 4) is 11.8 Å². The van der Waals surface area contributed by atoms with Gasteiger partial charge >= 0.3 is 0 Å². The first-order valence-corrected chi connectivity index (χ1v) is 6.70. The molecule has 0 radical (unpaired) electrons. The van der Waals surface area contributed by atoms with Crippen molar-refractivity contribution in [2.45, 2.75) is 19.4 Å². The Morgan fingerprint density at radius 2 is 2.21 bits per heavy atom. The third kappa shape index (κ3) is 4.23. The predicted molar refractivity (Wildman–Crippen MR) is 73.1 cm³/mol. The molecular formula is C15H20N2O2. The van der Waals surface area contributed by atoms with Crippen LogP contribution in [0, 0.1) is 11.3 Å². The van der Waals surface area contributed by atoms with Crippen molar-refractivity contribution in [3.63, 3.8) is 0 Å². The van der Waals surface area contributed by atoms with Gasteiger partial charge in [-0.1, -0.05) is 12.1 Å². The second-order valence-electron chi connectivity index (χ2n) is 4.79. The van der Waals surface area contributed by atoms with Crippen molar-refractivity contribution in [2.24, 2.45) is 0 Å². The lowest BCUT2D eigenvalue weighted by molar-refractivity contribution is -0.00514. The molecule has 102 valence electrons. The van der Waals surface area contributed by atoms with E-state index in [1.165, 1.54) is 0 Å². The highest BCUT2D eigenvalue weighted by Gasteiger charge is 2.17. The molecule has 1 aromatic rings. The summed E-state index contributed by atoms with van der Waals surface area (Å²) in [7, 11) is 0. The van der Waals surface area contributed by atoms with Crippen LogP contribution in [-0.2, 0) is 11.2 Å². The van der Waals surface area contributed by atoms with E-state index < -0.39 is 0 Å². The molecule has 1 saturated heterocycles. The Morgan fingerprint density at radius 3 is 2.89 bits per heavy atom. The summed E-state index contributed by atoms with van der Waals surface area (Å²) in [6.45, 7) is 6.38. The minimum Gasteiger partial charge on any atom is -0.492 e. The number of nitrogens with zero attached hydrogens (tertiary/aromatic N) is 2. The number of hydrogen-bond acceptors (Lipinski definition) is 4. The first-order valence-electron chi connectivity index (χ1n) is 6.70. The van der Waals surface area contributed by atoms with Crippen LogP contribution in [0.2, 0.25) is 0 Å². The van der Waals surface area contributed by atoms with Gasteiger partial charge in [-0.25, -0.2) is 0 Å². The van der Waals surface area contributed by atoms with Crippen LogP contribution < -0.4 is 4.74 Å². The monoisotopic (exact) mass is 260 g/mol. The van der Waals surface area contributed by atoms with Crippen LogP contribution in [0.5, 0.6) is 5.75 Å². The van der Waals surface area contributed by atoms with Gasteiger partial charge in [0.25, 0.3) is 0 Å². The van der Waals surface area contributed by atoms with Gasteiger partial charge in [-0.15, -0.1) is 0 Å². The number of rotatable bonds is 5. The highest BCUT2D eigenvalue weighted by molar-refractivity contribution is 5.28. The first-order chi connectivity index (χ1) is 9.29. The zero-order valence-electron chi connectivity index (χ0n) is 11.3. The summed E-state index contributed by atoms with van der Waals surface area (Å²) in [6, 6.07) is 10.3. The molecule has 1 fully saturated rings. The molecule has 0 saturated carbocycles. The third-order valence-electron chi connectivity index (χ3n) is 3.36. The largest absolute Gasteiger partial charge is 0.492 e. The average Bonchev–Trinajstić information content (AvgIpc) is 2.43. The van der Waals surface area contributed by atoms with Crippen molar-refractivity contribution < 1.29 is 9.47 Å². The lowest BCUT2D eigenvalue weighted by Crippen LogP contribution is -2.45. The smallest absolute Gasteiger partial charge is 0.119 e. The maximum absolute atomic E-state index is 8.60. The van der Waals surface area contributed by atoms with Gasteiger partial charge in [-0.2, -0.15) is 5.26 Å². The number of ether oxygens (including phenoxy) is 2. The summed E-state index contributed by atoms with van der Waals surface area (Å²) in [6.07, 6.45) is 0.450. The second kappa shape index (κ2) is 7.13. The van der Waals surface area contributed by atoms with Crippen LogP contribution in [0.4, 0.5) is 0 Å². The van der Waals surface area contributed by atoms with Gasteiger partial charge in [-0.05, 0) is 24.6 Å². The zero-order valence-corrected chi connectivity index (χ0v) is 11.3. The Morgan fingerprint density at radius 1 is 1.42 bits per heavy atom. The number of nitriles is 1. The normalized spacial score (nSPS) is 19.9. The molecule has 0 aliphatic carbocycles. The molecule has 1 atom stereocenters. The second-order valence-corrected chi connectivity index (χ2v) is 4.79. The Labute approximate surface area is 114 Å². The molecule has 19 heavy (non-hydrogen) atoms. The summed E-state index contributed by atoms with van der Waals surface area (Å²) in [5.74, 6) is 0.864. The Balaban J connectivity index is 1.74. The predicted octanol–water partition coefficient (Wildman–Crippen LogP) is 1.85. The fourth-order valence-electron chi connectivity index (χ4n) is 2.17. The minimum absolute atomic E-state index is 0.450. The van der Waals surface area contributed by atoms with E-state index in [-0.39, 0.29) is 0 Å². The molecule has 1 unspecified atom stereocenters. The molecule has 2 rings (SSSR count). The Hall–Kier alpha value is -1.57. The lowest BCUT2D eigenvalue weighted by atomic mass is 10.2. The summed E-state index contributed by atoms with van der Waals surface area (Å²) in [5.41, 5.74) is 1.02.